The van der Waals surface area contributed by atoms with Crippen molar-refractivity contribution in [3.05, 3.63) is 28.8 Å². The first kappa shape index (κ1) is 11.9. The average molecular weight is 227 g/mol. The minimum atomic E-state index is -0.0702. The van der Waals surface area contributed by atoms with Crippen molar-refractivity contribution in [2.45, 2.75) is 19.9 Å². The first-order valence-corrected chi connectivity index (χ1v) is 5.13. The highest BCUT2D eigenvalue weighted by Gasteiger charge is 2.14. The number of benzene rings is 1. The summed E-state index contributed by atoms with van der Waals surface area (Å²) < 4.78 is 0. The van der Waals surface area contributed by atoms with Crippen LogP contribution in [0.3, 0.4) is 0 Å². The number of anilines is 1. The molecular formula is C11H15ClN2O. The lowest BCUT2D eigenvalue weighted by Crippen LogP contribution is -2.32. The van der Waals surface area contributed by atoms with E-state index >= 15 is 0 Å². The lowest BCUT2D eigenvalue weighted by atomic mass is 10.1. The Morgan fingerprint density at radius 1 is 1.40 bits per heavy atom. The molecule has 82 valence electrons. The van der Waals surface area contributed by atoms with Crippen LogP contribution in [0.25, 0.3) is 0 Å². The van der Waals surface area contributed by atoms with Crippen molar-refractivity contribution >= 4 is 23.2 Å². The maximum Gasteiger partial charge on any atom is 0.253 e. The molecule has 0 heterocycles. The fourth-order valence-corrected chi connectivity index (χ4v) is 1.42. The fraction of sp³-hybridized carbons (Fsp3) is 0.364. The van der Waals surface area contributed by atoms with E-state index in [1.807, 2.05) is 13.8 Å². The first-order valence-electron chi connectivity index (χ1n) is 4.75. The summed E-state index contributed by atoms with van der Waals surface area (Å²) in [6, 6.07) is 5.03. The SMILES string of the molecule is CC(C)N(C)C(=O)c1cc(N)cc(Cl)c1. The molecule has 1 aromatic rings. The average Bonchev–Trinajstić information content (AvgIpc) is 2.13. The molecule has 0 atom stereocenters. The molecule has 0 bridgehead atoms. The Morgan fingerprint density at radius 2 is 2.00 bits per heavy atom. The molecule has 4 heteroatoms. The van der Waals surface area contributed by atoms with Crippen LogP contribution in [0.1, 0.15) is 24.2 Å². The lowest BCUT2D eigenvalue weighted by Gasteiger charge is -2.21. The number of carbonyl (C=O) groups is 1. The molecule has 0 aliphatic carbocycles. The van der Waals surface area contributed by atoms with E-state index in [4.69, 9.17) is 17.3 Å². The molecular weight excluding hydrogens is 212 g/mol. The zero-order valence-electron chi connectivity index (χ0n) is 9.12. The largest absolute Gasteiger partial charge is 0.399 e. The second-order valence-corrected chi connectivity index (χ2v) is 4.22. The number of nitrogen functional groups attached to an aromatic ring is 1. The molecule has 0 spiro atoms. The van der Waals surface area contributed by atoms with Crippen LogP contribution >= 0.6 is 11.6 Å². The van der Waals surface area contributed by atoms with Crippen LogP contribution in [-0.4, -0.2) is 23.9 Å². The zero-order chi connectivity index (χ0) is 11.6. The number of rotatable bonds is 2. The summed E-state index contributed by atoms with van der Waals surface area (Å²) in [5.74, 6) is -0.0702. The van der Waals surface area contributed by atoms with Gasteiger partial charge < -0.3 is 10.6 Å². The van der Waals surface area contributed by atoms with Crippen molar-refractivity contribution in [1.29, 1.82) is 0 Å². The smallest absolute Gasteiger partial charge is 0.253 e. The normalized spacial score (nSPS) is 10.5. The monoisotopic (exact) mass is 226 g/mol. The predicted molar refractivity (Wildman–Crippen MR) is 63.1 cm³/mol. The van der Waals surface area contributed by atoms with Crippen molar-refractivity contribution in [2.24, 2.45) is 0 Å². The van der Waals surface area contributed by atoms with Gasteiger partial charge in [0.05, 0.1) is 0 Å². The van der Waals surface area contributed by atoms with Gasteiger partial charge in [-0.15, -0.1) is 0 Å². The second kappa shape index (κ2) is 4.53. The van der Waals surface area contributed by atoms with E-state index in [1.54, 1.807) is 30.1 Å². The van der Waals surface area contributed by atoms with Crippen LogP contribution in [0.15, 0.2) is 18.2 Å². The van der Waals surface area contributed by atoms with Crippen LogP contribution in [0, 0.1) is 0 Å². The van der Waals surface area contributed by atoms with E-state index in [0.717, 1.165) is 0 Å². The number of halogens is 1. The Kier molecular flexibility index (Phi) is 3.58. The summed E-state index contributed by atoms with van der Waals surface area (Å²) in [4.78, 5) is 13.5. The summed E-state index contributed by atoms with van der Waals surface area (Å²) in [5.41, 5.74) is 6.65. The third-order valence-electron chi connectivity index (χ3n) is 2.26. The highest BCUT2D eigenvalue weighted by Crippen LogP contribution is 2.18. The van der Waals surface area contributed by atoms with Crippen LogP contribution < -0.4 is 5.73 Å². The highest BCUT2D eigenvalue weighted by atomic mass is 35.5. The fourth-order valence-electron chi connectivity index (χ4n) is 1.17. The number of nitrogens with two attached hydrogens (primary N) is 1. The molecule has 0 fully saturated rings. The molecule has 2 N–H and O–H groups in total. The predicted octanol–water partition coefficient (Wildman–Crippen LogP) is 2.40. The third-order valence-corrected chi connectivity index (χ3v) is 2.48. The Labute approximate surface area is 94.8 Å². The molecule has 1 aromatic carbocycles. The van der Waals surface area contributed by atoms with E-state index in [2.05, 4.69) is 0 Å². The standard InChI is InChI=1S/C11H15ClN2O/c1-7(2)14(3)11(15)8-4-9(12)6-10(13)5-8/h4-7H,13H2,1-3H3. The zero-order valence-corrected chi connectivity index (χ0v) is 9.88. The van der Waals surface area contributed by atoms with Crippen LogP contribution in [0.5, 0.6) is 0 Å². The van der Waals surface area contributed by atoms with Crippen molar-refractivity contribution in [3.63, 3.8) is 0 Å². The molecule has 1 amide bonds. The van der Waals surface area contributed by atoms with Gasteiger partial charge in [-0.25, -0.2) is 0 Å². The molecule has 1 rings (SSSR count). The first-order chi connectivity index (χ1) is 6.91. The molecule has 0 unspecified atom stereocenters. The molecule has 0 saturated carbocycles. The highest BCUT2D eigenvalue weighted by molar-refractivity contribution is 6.31. The van der Waals surface area contributed by atoms with E-state index in [0.29, 0.717) is 16.3 Å². The van der Waals surface area contributed by atoms with Crippen molar-refractivity contribution in [2.75, 3.05) is 12.8 Å². The molecule has 0 radical (unpaired) electrons. The Bertz CT molecular complexity index is 357. The molecule has 0 aliphatic rings. The van der Waals surface area contributed by atoms with E-state index in [1.165, 1.54) is 0 Å². The van der Waals surface area contributed by atoms with Gasteiger partial charge >= 0.3 is 0 Å². The Morgan fingerprint density at radius 3 is 2.47 bits per heavy atom. The van der Waals surface area contributed by atoms with Crippen molar-refractivity contribution < 1.29 is 4.79 Å². The topological polar surface area (TPSA) is 46.3 Å². The van der Waals surface area contributed by atoms with Crippen LogP contribution in [-0.2, 0) is 0 Å². The van der Waals surface area contributed by atoms with Gasteiger partial charge in [0.25, 0.3) is 5.91 Å². The second-order valence-electron chi connectivity index (χ2n) is 3.78. The number of hydrogen-bond acceptors (Lipinski definition) is 2. The Hall–Kier alpha value is -1.22. The quantitative estimate of drug-likeness (QED) is 0.788. The molecule has 0 saturated heterocycles. The van der Waals surface area contributed by atoms with Gasteiger partial charge in [0, 0.05) is 29.4 Å². The molecule has 0 aliphatic heterocycles. The summed E-state index contributed by atoms with van der Waals surface area (Å²) in [6.45, 7) is 3.90. The van der Waals surface area contributed by atoms with E-state index in [-0.39, 0.29) is 11.9 Å². The van der Waals surface area contributed by atoms with Gasteiger partial charge in [-0.1, -0.05) is 11.6 Å². The van der Waals surface area contributed by atoms with Crippen LogP contribution in [0.4, 0.5) is 5.69 Å². The number of nitrogens with zero attached hydrogens (tertiary/aromatic N) is 1. The van der Waals surface area contributed by atoms with E-state index < -0.39 is 0 Å². The van der Waals surface area contributed by atoms with Gasteiger partial charge in [-0.05, 0) is 32.0 Å². The minimum Gasteiger partial charge on any atom is -0.399 e. The third kappa shape index (κ3) is 2.86. The summed E-state index contributed by atoms with van der Waals surface area (Å²) in [5, 5.41) is 0.482. The number of hydrogen-bond donors (Lipinski definition) is 1. The molecule has 15 heavy (non-hydrogen) atoms. The van der Waals surface area contributed by atoms with Crippen LogP contribution in [0.2, 0.25) is 5.02 Å². The maximum absolute atomic E-state index is 11.9. The summed E-state index contributed by atoms with van der Waals surface area (Å²) >= 11 is 5.83. The molecule has 0 aromatic heterocycles. The number of carbonyl (C=O) groups excluding carboxylic acids is 1. The van der Waals surface area contributed by atoms with Gasteiger partial charge in [-0.3, -0.25) is 4.79 Å². The van der Waals surface area contributed by atoms with Gasteiger partial charge in [0.15, 0.2) is 0 Å². The van der Waals surface area contributed by atoms with Crippen molar-refractivity contribution in [1.82, 2.24) is 4.90 Å². The summed E-state index contributed by atoms with van der Waals surface area (Å²) in [7, 11) is 1.75. The lowest BCUT2D eigenvalue weighted by molar-refractivity contribution is 0.0755. The number of amides is 1. The van der Waals surface area contributed by atoms with Gasteiger partial charge in [0.1, 0.15) is 0 Å². The summed E-state index contributed by atoms with van der Waals surface area (Å²) in [6.07, 6.45) is 0. The molecule has 3 nitrogen and oxygen atoms in total. The van der Waals surface area contributed by atoms with Crippen molar-refractivity contribution in [3.8, 4) is 0 Å². The van der Waals surface area contributed by atoms with Gasteiger partial charge in [0.2, 0.25) is 0 Å². The minimum absolute atomic E-state index is 0.0702. The Balaban J connectivity index is 3.01. The van der Waals surface area contributed by atoms with E-state index in [9.17, 15) is 4.79 Å². The maximum atomic E-state index is 11.9. The van der Waals surface area contributed by atoms with Gasteiger partial charge in [-0.2, -0.15) is 0 Å².